The Bertz CT molecular complexity index is 478. The van der Waals surface area contributed by atoms with Crippen LogP contribution in [0.3, 0.4) is 0 Å². The van der Waals surface area contributed by atoms with Gasteiger partial charge in [-0.15, -0.1) is 0 Å². The number of imidazole rings is 1. The zero-order valence-electron chi connectivity index (χ0n) is 14.2. The number of carbonyl (C=O) groups is 1. The van der Waals surface area contributed by atoms with Crippen LogP contribution >= 0.6 is 0 Å². The second-order valence-electron chi connectivity index (χ2n) is 6.30. The Kier molecular flexibility index (Phi) is 6.61. The normalized spacial score (nSPS) is 11.7. The third-order valence-corrected chi connectivity index (χ3v) is 4.96. The summed E-state index contributed by atoms with van der Waals surface area (Å²) < 4.78 is 12.7. The third-order valence-electron chi connectivity index (χ3n) is 3.25. The molecule has 0 spiro atoms. The van der Waals surface area contributed by atoms with E-state index in [2.05, 4.69) is 24.6 Å². The molecule has 0 aliphatic carbocycles. The minimum absolute atomic E-state index is 0.316. The standard InChI is InChI=1S/C15H28N2O3Si/c1-7-13-14(15(18)20-8-2)17(12(3)16-13)11-19-9-10-21(4,5)6/h7-11H2,1-6H3. The molecule has 0 aliphatic rings. The molecule has 0 atom stereocenters. The molecule has 0 amide bonds. The summed E-state index contributed by atoms with van der Waals surface area (Å²) in [4.78, 5) is 16.6. The van der Waals surface area contributed by atoms with E-state index in [0.717, 1.165) is 24.2 Å². The van der Waals surface area contributed by atoms with Gasteiger partial charge < -0.3 is 9.47 Å². The molecule has 0 saturated carbocycles. The lowest BCUT2D eigenvalue weighted by Gasteiger charge is -2.16. The summed E-state index contributed by atoms with van der Waals surface area (Å²) in [5.41, 5.74) is 1.31. The van der Waals surface area contributed by atoms with E-state index >= 15 is 0 Å². The predicted molar refractivity (Wildman–Crippen MR) is 86.4 cm³/mol. The molecule has 120 valence electrons. The van der Waals surface area contributed by atoms with Gasteiger partial charge in [-0.2, -0.15) is 0 Å². The molecule has 0 aliphatic heterocycles. The van der Waals surface area contributed by atoms with Crippen molar-refractivity contribution < 1.29 is 14.3 Å². The Balaban J connectivity index is 2.80. The van der Waals surface area contributed by atoms with E-state index in [1.54, 1.807) is 0 Å². The molecule has 0 saturated heterocycles. The van der Waals surface area contributed by atoms with Crippen LogP contribution in [-0.4, -0.2) is 36.8 Å². The fourth-order valence-electron chi connectivity index (χ4n) is 1.99. The average Bonchev–Trinajstić information content (AvgIpc) is 2.70. The molecular weight excluding hydrogens is 284 g/mol. The van der Waals surface area contributed by atoms with Crippen LogP contribution in [0.25, 0.3) is 0 Å². The molecule has 0 aromatic carbocycles. The molecular formula is C15H28N2O3Si. The highest BCUT2D eigenvalue weighted by molar-refractivity contribution is 6.76. The first-order valence-electron chi connectivity index (χ1n) is 7.61. The third kappa shape index (κ3) is 5.28. The fraction of sp³-hybridized carbons (Fsp3) is 0.733. The second-order valence-corrected chi connectivity index (χ2v) is 11.9. The fourth-order valence-corrected chi connectivity index (χ4v) is 2.75. The van der Waals surface area contributed by atoms with Crippen LogP contribution in [-0.2, 0) is 22.6 Å². The van der Waals surface area contributed by atoms with Gasteiger partial charge in [-0.25, -0.2) is 9.78 Å². The van der Waals surface area contributed by atoms with E-state index in [0.29, 0.717) is 25.5 Å². The zero-order valence-corrected chi connectivity index (χ0v) is 15.2. The number of hydrogen-bond donors (Lipinski definition) is 0. The summed E-state index contributed by atoms with van der Waals surface area (Å²) in [7, 11) is -1.10. The topological polar surface area (TPSA) is 53.3 Å². The Morgan fingerprint density at radius 3 is 2.48 bits per heavy atom. The number of esters is 1. The molecule has 1 aromatic rings. The molecule has 0 radical (unpaired) electrons. The van der Waals surface area contributed by atoms with Crippen molar-refractivity contribution in [3.05, 3.63) is 17.2 Å². The number of hydrogen-bond acceptors (Lipinski definition) is 4. The van der Waals surface area contributed by atoms with Gasteiger partial charge in [-0.3, -0.25) is 4.57 Å². The zero-order chi connectivity index (χ0) is 16.0. The number of rotatable bonds is 8. The van der Waals surface area contributed by atoms with Gasteiger partial charge in [0.2, 0.25) is 0 Å². The summed E-state index contributed by atoms with van der Waals surface area (Å²) in [6.45, 7) is 14.1. The van der Waals surface area contributed by atoms with Crippen LogP contribution in [0.5, 0.6) is 0 Å². The minimum atomic E-state index is -1.10. The first-order valence-corrected chi connectivity index (χ1v) is 11.3. The molecule has 0 bridgehead atoms. The maximum absolute atomic E-state index is 12.1. The highest BCUT2D eigenvalue weighted by Crippen LogP contribution is 2.15. The predicted octanol–water partition coefficient (Wildman–Crippen LogP) is 3.24. The van der Waals surface area contributed by atoms with E-state index in [-0.39, 0.29) is 5.97 Å². The summed E-state index contributed by atoms with van der Waals surface area (Å²) in [5.74, 6) is 0.478. The first-order chi connectivity index (χ1) is 9.80. The lowest BCUT2D eigenvalue weighted by molar-refractivity contribution is 0.0469. The molecule has 0 unspecified atom stereocenters. The van der Waals surface area contributed by atoms with Crippen LogP contribution in [0, 0.1) is 6.92 Å². The molecule has 6 heteroatoms. The quantitative estimate of drug-likeness (QED) is 0.420. The average molecular weight is 312 g/mol. The van der Waals surface area contributed by atoms with E-state index in [9.17, 15) is 4.79 Å². The summed E-state index contributed by atoms with van der Waals surface area (Å²) in [6.07, 6.45) is 0.705. The van der Waals surface area contributed by atoms with Crippen molar-refractivity contribution in [3.8, 4) is 0 Å². The van der Waals surface area contributed by atoms with Crippen LogP contribution in [0.4, 0.5) is 0 Å². The molecule has 0 fully saturated rings. The van der Waals surface area contributed by atoms with Crippen molar-refractivity contribution in [3.63, 3.8) is 0 Å². The molecule has 0 N–H and O–H groups in total. The van der Waals surface area contributed by atoms with Crippen molar-refractivity contribution in [2.24, 2.45) is 0 Å². The van der Waals surface area contributed by atoms with Crippen LogP contribution < -0.4 is 0 Å². The van der Waals surface area contributed by atoms with Gasteiger partial charge in [0.25, 0.3) is 0 Å². The maximum atomic E-state index is 12.1. The molecule has 1 aromatic heterocycles. The van der Waals surface area contributed by atoms with Gasteiger partial charge in [-0.05, 0) is 26.3 Å². The van der Waals surface area contributed by atoms with Crippen molar-refractivity contribution in [1.82, 2.24) is 9.55 Å². The smallest absolute Gasteiger partial charge is 0.356 e. The van der Waals surface area contributed by atoms with E-state index in [4.69, 9.17) is 9.47 Å². The number of aryl methyl sites for hydroxylation is 2. The summed E-state index contributed by atoms with van der Waals surface area (Å²) in [5, 5.41) is 0. The number of ether oxygens (including phenoxy) is 2. The monoisotopic (exact) mass is 312 g/mol. The van der Waals surface area contributed by atoms with Crippen molar-refractivity contribution in [2.75, 3.05) is 13.2 Å². The van der Waals surface area contributed by atoms with Crippen LogP contribution in [0.15, 0.2) is 0 Å². The second kappa shape index (κ2) is 7.75. The Hall–Kier alpha value is -1.14. The Labute approximate surface area is 128 Å². The van der Waals surface area contributed by atoms with Crippen LogP contribution in [0.2, 0.25) is 25.7 Å². The van der Waals surface area contributed by atoms with E-state index < -0.39 is 8.07 Å². The van der Waals surface area contributed by atoms with Gasteiger partial charge in [0.1, 0.15) is 12.6 Å². The molecule has 5 nitrogen and oxygen atoms in total. The van der Waals surface area contributed by atoms with Crippen molar-refractivity contribution >= 4 is 14.0 Å². The van der Waals surface area contributed by atoms with Gasteiger partial charge in [0.15, 0.2) is 5.69 Å². The maximum Gasteiger partial charge on any atom is 0.356 e. The largest absolute Gasteiger partial charge is 0.461 e. The molecule has 1 heterocycles. The van der Waals surface area contributed by atoms with Crippen molar-refractivity contribution in [2.45, 2.75) is 59.6 Å². The van der Waals surface area contributed by atoms with Crippen LogP contribution in [0.1, 0.15) is 35.9 Å². The summed E-state index contributed by atoms with van der Waals surface area (Å²) >= 11 is 0. The van der Waals surface area contributed by atoms with Gasteiger partial charge in [0, 0.05) is 14.7 Å². The molecule has 21 heavy (non-hydrogen) atoms. The van der Waals surface area contributed by atoms with E-state index in [1.807, 2.05) is 25.3 Å². The summed E-state index contributed by atoms with van der Waals surface area (Å²) in [6, 6.07) is 1.11. The minimum Gasteiger partial charge on any atom is -0.461 e. The lowest BCUT2D eigenvalue weighted by atomic mass is 10.2. The van der Waals surface area contributed by atoms with E-state index in [1.165, 1.54) is 0 Å². The number of nitrogens with zero attached hydrogens (tertiary/aromatic N) is 2. The number of aromatic nitrogens is 2. The lowest BCUT2D eigenvalue weighted by Crippen LogP contribution is -2.23. The van der Waals surface area contributed by atoms with Gasteiger partial charge >= 0.3 is 5.97 Å². The molecule has 1 rings (SSSR count). The van der Waals surface area contributed by atoms with Gasteiger partial charge in [-0.1, -0.05) is 26.6 Å². The van der Waals surface area contributed by atoms with Gasteiger partial charge in [0.05, 0.1) is 12.3 Å². The number of carbonyl (C=O) groups excluding carboxylic acids is 1. The van der Waals surface area contributed by atoms with Crippen molar-refractivity contribution in [1.29, 1.82) is 0 Å². The Morgan fingerprint density at radius 2 is 1.95 bits per heavy atom. The highest BCUT2D eigenvalue weighted by Gasteiger charge is 2.21. The first kappa shape index (κ1) is 17.9. The highest BCUT2D eigenvalue weighted by atomic mass is 28.3. The SMILES string of the molecule is CCOC(=O)c1c(CC)nc(C)n1COCC[Si](C)(C)C. The Morgan fingerprint density at radius 1 is 1.29 bits per heavy atom.